The SMILES string of the molecule is O=C(CSc1ccc2ccccc2c1)c1ccc(O)cc1O. The zero-order valence-electron chi connectivity index (χ0n) is 11.7. The summed E-state index contributed by atoms with van der Waals surface area (Å²) in [4.78, 5) is 13.2. The highest BCUT2D eigenvalue weighted by Gasteiger charge is 2.12. The smallest absolute Gasteiger partial charge is 0.176 e. The summed E-state index contributed by atoms with van der Waals surface area (Å²) in [5, 5.41) is 21.3. The third-order valence-corrected chi connectivity index (χ3v) is 4.37. The Morgan fingerprint density at radius 3 is 2.45 bits per heavy atom. The van der Waals surface area contributed by atoms with E-state index in [0.29, 0.717) is 0 Å². The number of benzene rings is 3. The van der Waals surface area contributed by atoms with Crippen LogP contribution in [0.1, 0.15) is 10.4 Å². The van der Waals surface area contributed by atoms with Gasteiger partial charge in [-0.05, 0) is 35.0 Å². The average Bonchev–Trinajstić information content (AvgIpc) is 2.52. The Hall–Kier alpha value is -2.46. The first kappa shape index (κ1) is 14.5. The number of Topliss-reactive ketones (excluding diaryl/α,β-unsaturated/α-hetero) is 1. The van der Waals surface area contributed by atoms with Crippen molar-refractivity contribution in [3.05, 3.63) is 66.2 Å². The monoisotopic (exact) mass is 310 g/mol. The van der Waals surface area contributed by atoms with Crippen LogP contribution in [0.25, 0.3) is 10.8 Å². The number of ketones is 1. The third-order valence-electron chi connectivity index (χ3n) is 3.37. The number of carbonyl (C=O) groups excluding carboxylic acids is 1. The van der Waals surface area contributed by atoms with Crippen LogP contribution in [0.5, 0.6) is 11.5 Å². The van der Waals surface area contributed by atoms with Gasteiger partial charge in [0.15, 0.2) is 5.78 Å². The summed E-state index contributed by atoms with van der Waals surface area (Å²) in [5.74, 6) is -0.188. The first-order chi connectivity index (χ1) is 10.6. The number of phenols is 2. The van der Waals surface area contributed by atoms with Crippen LogP contribution in [0.3, 0.4) is 0 Å². The van der Waals surface area contributed by atoms with Crippen molar-refractivity contribution >= 4 is 28.3 Å². The summed E-state index contributed by atoms with van der Waals surface area (Å²) >= 11 is 1.43. The van der Waals surface area contributed by atoms with Gasteiger partial charge in [0, 0.05) is 11.0 Å². The minimum absolute atomic E-state index is 0.0590. The standard InChI is InChI=1S/C18H14O3S/c19-14-6-8-16(17(20)10-14)18(21)11-22-15-7-5-12-3-1-2-4-13(12)9-15/h1-10,19-20H,11H2. The summed E-state index contributed by atoms with van der Waals surface area (Å²) < 4.78 is 0. The maximum absolute atomic E-state index is 12.2. The Bertz CT molecular complexity index is 843. The minimum atomic E-state index is -0.191. The summed E-state index contributed by atoms with van der Waals surface area (Å²) in [6, 6.07) is 18.1. The molecule has 0 fully saturated rings. The van der Waals surface area contributed by atoms with E-state index in [0.717, 1.165) is 15.7 Å². The molecule has 0 saturated heterocycles. The van der Waals surface area contributed by atoms with E-state index in [1.54, 1.807) is 0 Å². The number of thioether (sulfide) groups is 1. The van der Waals surface area contributed by atoms with Crippen molar-refractivity contribution in [2.24, 2.45) is 0 Å². The fraction of sp³-hybridized carbons (Fsp3) is 0.0556. The van der Waals surface area contributed by atoms with E-state index >= 15 is 0 Å². The van der Waals surface area contributed by atoms with Crippen LogP contribution in [0.15, 0.2) is 65.6 Å². The predicted molar refractivity (Wildman–Crippen MR) is 88.8 cm³/mol. The predicted octanol–water partition coefficient (Wildman–Crippen LogP) is 4.23. The Morgan fingerprint density at radius 1 is 0.909 bits per heavy atom. The topological polar surface area (TPSA) is 57.5 Å². The van der Waals surface area contributed by atoms with Crippen LogP contribution in [0, 0.1) is 0 Å². The van der Waals surface area contributed by atoms with Crippen molar-refractivity contribution in [2.75, 3.05) is 5.75 Å². The molecule has 0 radical (unpaired) electrons. The molecule has 0 aliphatic carbocycles. The van der Waals surface area contributed by atoms with E-state index in [1.807, 2.05) is 42.5 Å². The molecule has 3 nitrogen and oxygen atoms in total. The molecule has 0 spiro atoms. The molecule has 4 heteroatoms. The first-order valence-corrected chi connectivity index (χ1v) is 7.79. The highest BCUT2D eigenvalue weighted by Crippen LogP contribution is 2.27. The molecule has 3 aromatic carbocycles. The van der Waals surface area contributed by atoms with Gasteiger partial charge in [0.25, 0.3) is 0 Å². The normalized spacial score (nSPS) is 10.7. The van der Waals surface area contributed by atoms with Gasteiger partial charge < -0.3 is 10.2 Å². The molecular formula is C18H14O3S. The molecule has 0 aliphatic heterocycles. The summed E-state index contributed by atoms with van der Waals surface area (Å²) in [7, 11) is 0. The van der Waals surface area contributed by atoms with E-state index in [2.05, 4.69) is 0 Å². The van der Waals surface area contributed by atoms with Crippen LogP contribution in [-0.2, 0) is 0 Å². The van der Waals surface area contributed by atoms with Crippen molar-refractivity contribution in [3.8, 4) is 11.5 Å². The molecule has 0 aliphatic rings. The van der Waals surface area contributed by atoms with E-state index < -0.39 is 0 Å². The van der Waals surface area contributed by atoms with Crippen LogP contribution >= 0.6 is 11.8 Å². The highest BCUT2D eigenvalue weighted by molar-refractivity contribution is 8.00. The Balaban J connectivity index is 1.74. The molecule has 0 atom stereocenters. The van der Waals surface area contributed by atoms with E-state index in [9.17, 15) is 15.0 Å². The van der Waals surface area contributed by atoms with Crippen LogP contribution in [-0.4, -0.2) is 21.7 Å². The lowest BCUT2D eigenvalue weighted by atomic mass is 10.1. The van der Waals surface area contributed by atoms with E-state index in [1.165, 1.54) is 30.0 Å². The van der Waals surface area contributed by atoms with Gasteiger partial charge in [-0.2, -0.15) is 0 Å². The molecule has 0 bridgehead atoms. The Morgan fingerprint density at radius 2 is 1.68 bits per heavy atom. The second-order valence-electron chi connectivity index (χ2n) is 4.92. The summed E-state index contributed by atoms with van der Waals surface area (Å²) in [5.41, 5.74) is 0.228. The number of phenolic OH excluding ortho intramolecular Hbond substituents is 2. The lowest BCUT2D eigenvalue weighted by molar-refractivity contribution is 0.102. The van der Waals surface area contributed by atoms with Gasteiger partial charge in [-0.25, -0.2) is 0 Å². The molecule has 0 heterocycles. The molecule has 3 rings (SSSR count). The molecule has 22 heavy (non-hydrogen) atoms. The van der Waals surface area contributed by atoms with Gasteiger partial charge in [0.1, 0.15) is 11.5 Å². The lowest BCUT2D eigenvalue weighted by Gasteiger charge is -2.05. The van der Waals surface area contributed by atoms with Gasteiger partial charge in [-0.1, -0.05) is 30.3 Å². The first-order valence-electron chi connectivity index (χ1n) is 6.80. The number of hydrogen-bond donors (Lipinski definition) is 2. The zero-order chi connectivity index (χ0) is 15.5. The van der Waals surface area contributed by atoms with Crippen LogP contribution in [0.4, 0.5) is 0 Å². The molecule has 0 aromatic heterocycles. The van der Waals surface area contributed by atoms with Crippen molar-refractivity contribution in [1.29, 1.82) is 0 Å². The molecule has 0 amide bonds. The second kappa shape index (κ2) is 6.12. The van der Waals surface area contributed by atoms with Crippen molar-refractivity contribution < 1.29 is 15.0 Å². The average molecular weight is 310 g/mol. The fourth-order valence-corrected chi connectivity index (χ4v) is 3.07. The maximum atomic E-state index is 12.2. The van der Waals surface area contributed by atoms with Gasteiger partial charge in [-0.15, -0.1) is 11.8 Å². The molecule has 0 saturated carbocycles. The summed E-state index contributed by atoms with van der Waals surface area (Å²) in [6.07, 6.45) is 0. The minimum Gasteiger partial charge on any atom is -0.508 e. The van der Waals surface area contributed by atoms with Crippen LogP contribution < -0.4 is 0 Å². The number of hydrogen-bond acceptors (Lipinski definition) is 4. The molecule has 2 N–H and O–H groups in total. The van der Waals surface area contributed by atoms with Gasteiger partial charge in [0.2, 0.25) is 0 Å². The maximum Gasteiger partial charge on any atom is 0.176 e. The number of fused-ring (bicyclic) bond motifs is 1. The number of aromatic hydroxyl groups is 2. The van der Waals surface area contributed by atoms with Crippen molar-refractivity contribution in [2.45, 2.75) is 4.90 Å². The molecule has 110 valence electrons. The summed E-state index contributed by atoms with van der Waals surface area (Å²) in [6.45, 7) is 0. The second-order valence-corrected chi connectivity index (χ2v) is 5.97. The number of rotatable bonds is 4. The highest BCUT2D eigenvalue weighted by atomic mass is 32.2. The third kappa shape index (κ3) is 3.07. The molecule has 0 unspecified atom stereocenters. The molecule has 3 aromatic rings. The van der Waals surface area contributed by atoms with Crippen molar-refractivity contribution in [1.82, 2.24) is 0 Å². The number of carbonyl (C=O) groups is 1. The molecular weight excluding hydrogens is 296 g/mol. The largest absolute Gasteiger partial charge is 0.508 e. The van der Waals surface area contributed by atoms with Crippen molar-refractivity contribution in [3.63, 3.8) is 0 Å². The van der Waals surface area contributed by atoms with Gasteiger partial charge in [0.05, 0.1) is 11.3 Å². The Labute approximate surface area is 132 Å². The van der Waals surface area contributed by atoms with E-state index in [-0.39, 0.29) is 28.6 Å². The Kier molecular flexibility index (Phi) is 4.02. The van der Waals surface area contributed by atoms with Gasteiger partial charge >= 0.3 is 0 Å². The fourth-order valence-electron chi connectivity index (χ4n) is 2.24. The van der Waals surface area contributed by atoms with Gasteiger partial charge in [-0.3, -0.25) is 4.79 Å². The van der Waals surface area contributed by atoms with Crippen LogP contribution in [0.2, 0.25) is 0 Å². The lowest BCUT2D eigenvalue weighted by Crippen LogP contribution is -2.02. The van der Waals surface area contributed by atoms with E-state index in [4.69, 9.17) is 0 Å². The quantitative estimate of drug-likeness (QED) is 0.559. The zero-order valence-corrected chi connectivity index (χ0v) is 12.5.